The van der Waals surface area contributed by atoms with Crippen LogP contribution in [0.15, 0.2) is 83.5 Å². The molecule has 1 saturated carbocycles. The lowest BCUT2D eigenvalue weighted by Gasteiger charge is -2.43. The number of hydrogen-bond donors (Lipinski definition) is 4. The molecule has 10 rings (SSSR count). The summed E-state index contributed by atoms with van der Waals surface area (Å²) >= 11 is 0. The van der Waals surface area contributed by atoms with Crippen LogP contribution >= 0.6 is 18.6 Å². The highest BCUT2D eigenvalue weighted by molar-refractivity contribution is 8.72. The highest BCUT2D eigenvalue weighted by Crippen LogP contribution is 2.42. The minimum atomic E-state index is -4.73. The van der Waals surface area contributed by atoms with Gasteiger partial charge in [-0.05, 0) is 110 Å². The number of ether oxygens (including phenoxy) is 6. The number of anilines is 3. The van der Waals surface area contributed by atoms with Crippen molar-refractivity contribution in [2.75, 3.05) is 74.5 Å². The van der Waals surface area contributed by atoms with Gasteiger partial charge in [-0.25, -0.2) is 27.3 Å². The molecular formula is C61H78N11O16PS2. The van der Waals surface area contributed by atoms with Crippen molar-refractivity contribution in [1.29, 1.82) is 5.26 Å². The average molecular weight is 1320 g/mol. The van der Waals surface area contributed by atoms with Crippen LogP contribution in [-0.4, -0.2) is 179 Å². The zero-order chi connectivity index (χ0) is 64.7. The lowest BCUT2D eigenvalue weighted by Crippen LogP contribution is -2.54. The first-order chi connectivity index (χ1) is 43.4. The molecule has 27 nitrogen and oxygen atoms in total. The third-order valence-corrected chi connectivity index (χ3v) is 20.6. The van der Waals surface area contributed by atoms with Crippen LogP contribution in [0.3, 0.4) is 0 Å². The summed E-state index contributed by atoms with van der Waals surface area (Å²) in [5, 5.41) is 24.4. The highest BCUT2D eigenvalue weighted by atomic mass is 33.1. The van der Waals surface area contributed by atoms with E-state index in [-0.39, 0.29) is 60.9 Å². The fourth-order valence-electron chi connectivity index (χ4n) is 12.4. The fraction of sp³-hybridized carbons (Fsp3) is 0.541. The molecule has 1 aliphatic carbocycles. The van der Waals surface area contributed by atoms with Crippen molar-refractivity contribution in [2.45, 2.75) is 145 Å². The Morgan fingerprint density at radius 2 is 1.60 bits per heavy atom. The molecule has 91 heavy (non-hydrogen) atoms. The van der Waals surface area contributed by atoms with E-state index in [1.54, 1.807) is 81.6 Å². The van der Waals surface area contributed by atoms with Crippen molar-refractivity contribution in [1.82, 2.24) is 35.5 Å². The molecule has 30 heteroatoms. The van der Waals surface area contributed by atoms with E-state index in [1.807, 2.05) is 32.0 Å². The number of fused-ring (bicyclic) bond motifs is 2. The van der Waals surface area contributed by atoms with E-state index < -0.39 is 76.9 Å². The molecule has 7 heterocycles. The number of piperazine rings is 1. The number of para-hydroxylation sites is 1. The lowest BCUT2D eigenvalue weighted by molar-refractivity contribution is -0.141. The molecule has 2 amide bonds. The van der Waals surface area contributed by atoms with Crippen molar-refractivity contribution < 1.29 is 74.6 Å². The number of amides is 2. The van der Waals surface area contributed by atoms with E-state index >= 15 is 0 Å². The Morgan fingerprint density at radius 3 is 2.30 bits per heavy atom. The summed E-state index contributed by atoms with van der Waals surface area (Å²) in [5.74, 6) is -0.499. The summed E-state index contributed by atoms with van der Waals surface area (Å²) in [7, 11) is -7.50. The molecule has 2 aromatic carbocycles. The maximum atomic E-state index is 14.7. The van der Waals surface area contributed by atoms with Gasteiger partial charge in [0.15, 0.2) is 27.2 Å². The number of hydrogen-bond acceptors (Lipinski definition) is 24. The minimum Gasteiger partial charge on any atom is -0.474 e. The standard InChI is InChI=1S/C61H78N11O16PS2/c1-36(2)57(60(74)71-34-48(87-61(75)84-38(4)39(5)90-91(6,79)80)28-52(71)59(73)65-37(3)41-13-11-40(31-62)12-14-41)54-30-56(68-88-54)81-24-23-69-21-18-45(19-22-69)85-46-26-47(27-46)86-55-25-42(17-20-64-55)72-43-15-16-44(72)33-70(32-43)51-29-50(66-67-58(51)63)49-9-7-8-10-53(49)82-35-83-89(76,77)78/h7-14,17,20,25,29-30,36-39,43-48,52,57H,15-16,18-19,21-24,26-28,32-35H2,1-6H3,(H2,63,67)(H,65,73)(H2,76,77,78)/t37-,38?,39?,43+,44?,46?,47?,48+,52-,57+/m0/s1. The van der Waals surface area contributed by atoms with Crippen LogP contribution in [-0.2, 0) is 41.8 Å². The zero-order valence-corrected chi connectivity index (χ0v) is 54.0. The monoisotopic (exact) mass is 1320 g/mol. The Kier molecular flexibility index (Phi) is 21.3. The van der Waals surface area contributed by atoms with E-state index in [1.165, 1.54) is 4.90 Å². The zero-order valence-electron chi connectivity index (χ0n) is 51.5. The van der Waals surface area contributed by atoms with Crippen LogP contribution in [0.2, 0.25) is 0 Å². The number of rotatable bonds is 26. The number of carbonyl (C=O) groups is 3. The number of phosphoric acid groups is 1. The maximum Gasteiger partial charge on any atom is 0.508 e. The Labute approximate surface area is 532 Å². The summed E-state index contributed by atoms with van der Waals surface area (Å²) in [6.07, 6.45) is 5.43. The number of piperidine rings is 1. The Bertz CT molecular complexity index is 3550. The SMILES string of the molecule is CC(OC(=O)O[C@@H]1C[C@@H](C(=O)N[C@@H](C)c2ccc(C#N)cc2)N(C(=O)[C@@H](c2cc(OCCN3CCC(OC4CC(Oc5cc(N6C7CC[C@@H]6CN(c6cc(-c8ccccc8OCOP(=O)(O)O)nnc6N)C7)ccn5)C4)CC3)no2)C(C)C)C1)C(C)SS(C)(=O)=O. The number of nitrogens with zero attached hydrogens (tertiary/aromatic N) is 9. The van der Waals surface area contributed by atoms with Gasteiger partial charge in [0.05, 0.1) is 53.1 Å². The van der Waals surface area contributed by atoms with Gasteiger partial charge in [-0.2, -0.15) is 5.26 Å². The number of pyridine rings is 1. The molecule has 4 saturated heterocycles. The summed E-state index contributed by atoms with van der Waals surface area (Å²) in [6, 6.07) is 22.2. The molecule has 5 fully saturated rings. The second-order valence-corrected chi connectivity index (χ2v) is 30.1. The highest BCUT2D eigenvalue weighted by Gasteiger charge is 2.46. The van der Waals surface area contributed by atoms with Gasteiger partial charge in [0.1, 0.15) is 42.6 Å². The van der Waals surface area contributed by atoms with E-state index in [2.05, 4.69) is 50.9 Å². The van der Waals surface area contributed by atoms with Crippen LogP contribution in [0.1, 0.15) is 108 Å². The maximum absolute atomic E-state index is 14.7. The lowest BCUT2D eigenvalue weighted by atomic mass is 9.91. The number of aromatic nitrogens is 4. The molecule has 3 unspecified atom stereocenters. The number of likely N-dealkylation sites (tertiary alicyclic amines) is 2. The summed E-state index contributed by atoms with van der Waals surface area (Å²) in [5.41, 5.74) is 10.5. The van der Waals surface area contributed by atoms with Gasteiger partial charge >= 0.3 is 14.0 Å². The minimum absolute atomic E-state index is 0.0134. The van der Waals surface area contributed by atoms with Crippen LogP contribution < -0.4 is 35.1 Å². The Morgan fingerprint density at radius 1 is 0.879 bits per heavy atom. The van der Waals surface area contributed by atoms with Crippen LogP contribution in [0.5, 0.6) is 17.5 Å². The smallest absolute Gasteiger partial charge is 0.474 e. The topological polar surface area (TPSA) is 347 Å². The molecule has 490 valence electrons. The number of nitrogens with one attached hydrogen (secondary N) is 1. The molecule has 8 atom stereocenters. The predicted octanol–water partition coefficient (Wildman–Crippen LogP) is 6.96. The number of carbonyl (C=O) groups excluding carboxylic acids is 3. The molecule has 5 aliphatic rings. The second-order valence-electron chi connectivity index (χ2n) is 24.1. The second kappa shape index (κ2) is 29.1. The van der Waals surface area contributed by atoms with Gasteiger partial charge in [-0.1, -0.05) is 38.1 Å². The number of nitriles is 1. The number of nitrogen functional groups attached to an aromatic ring is 1. The normalized spacial score (nSPS) is 22.5. The van der Waals surface area contributed by atoms with E-state index in [0.717, 1.165) is 74.8 Å². The van der Waals surface area contributed by atoms with Crippen LogP contribution in [0.4, 0.5) is 22.0 Å². The predicted molar refractivity (Wildman–Crippen MR) is 334 cm³/mol. The summed E-state index contributed by atoms with van der Waals surface area (Å²) in [6.45, 7) is 11.8. The van der Waals surface area contributed by atoms with Crippen molar-refractivity contribution >= 4 is 62.6 Å². The Balaban J connectivity index is 0.666. The molecule has 5 aromatic rings. The van der Waals surface area contributed by atoms with Crippen molar-refractivity contribution in [3.63, 3.8) is 0 Å². The molecule has 4 aliphatic heterocycles. The van der Waals surface area contributed by atoms with Crippen molar-refractivity contribution in [3.05, 3.63) is 95.9 Å². The molecule has 0 radical (unpaired) electrons. The van der Waals surface area contributed by atoms with Gasteiger partial charge in [0.2, 0.25) is 17.7 Å². The van der Waals surface area contributed by atoms with E-state index in [0.29, 0.717) is 71.3 Å². The third-order valence-electron chi connectivity index (χ3n) is 17.2. The third kappa shape index (κ3) is 17.3. The summed E-state index contributed by atoms with van der Waals surface area (Å²) < 4.78 is 81.0. The first-order valence-corrected chi connectivity index (χ1v) is 35.3. The van der Waals surface area contributed by atoms with Crippen LogP contribution in [0.25, 0.3) is 11.3 Å². The fourth-order valence-corrected chi connectivity index (χ4v) is 15.5. The van der Waals surface area contributed by atoms with E-state index in [9.17, 15) is 32.6 Å². The molecule has 5 N–H and O–H groups in total. The number of phosphoric ester groups is 1. The quantitative estimate of drug-likeness (QED) is 0.0188. The van der Waals surface area contributed by atoms with Gasteiger partial charge in [0, 0.05) is 99.9 Å². The molecule has 3 aromatic heterocycles. The number of benzene rings is 2. The van der Waals surface area contributed by atoms with Gasteiger partial charge in [0.25, 0.3) is 5.88 Å². The first kappa shape index (κ1) is 66.6. The average Bonchev–Trinajstić information content (AvgIpc) is 1.74. The molecule has 0 spiro atoms. The number of nitrogens with two attached hydrogens (primary N) is 1. The Hall–Kier alpha value is -7.29. The molecular weight excluding hydrogens is 1240 g/mol. The van der Waals surface area contributed by atoms with Gasteiger partial charge in [-0.3, -0.25) is 14.5 Å². The van der Waals surface area contributed by atoms with Crippen molar-refractivity contribution in [3.8, 4) is 34.8 Å². The van der Waals surface area contributed by atoms with Crippen molar-refractivity contribution in [2.24, 2.45) is 5.92 Å². The molecule has 2 bridgehead atoms. The summed E-state index contributed by atoms with van der Waals surface area (Å²) in [4.78, 5) is 73.1. The van der Waals surface area contributed by atoms with Gasteiger partial charge in [-0.15, -0.1) is 10.2 Å². The van der Waals surface area contributed by atoms with E-state index in [4.69, 9.17) is 48.5 Å². The van der Waals surface area contributed by atoms with Gasteiger partial charge < -0.3 is 68.5 Å². The van der Waals surface area contributed by atoms with Crippen LogP contribution in [0, 0.1) is 17.2 Å². The first-order valence-electron chi connectivity index (χ1n) is 30.5. The largest absolute Gasteiger partial charge is 0.508 e.